The summed E-state index contributed by atoms with van der Waals surface area (Å²) in [5, 5.41) is 12.8. The van der Waals surface area contributed by atoms with E-state index < -0.39 is 11.6 Å². The second kappa shape index (κ2) is 3.96. The highest BCUT2D eigenvalue weighted by Crippen LogP contribution is 2.25. The van der Waals surface area contributed by atoms with Gasteiger partial charge in [0, 0.05) is 12.8 Å². The zero-order valence-corrected chi connectivity index (χ0v) is 9.01. The average Bonchev–Trinajstić information content (AvgIpc) is 2.63. The lowest BCUT2D eigenvalue weighted by Crippen LogP contribution is -2.35. The molecule has 0 saturated carbocycles. The predicted octanol–water partition coefficient (Wildman–Crippen LogP) is 1.85. The molecule has 16 heavy (non-hydrogen) atoms. The third-order valence-corrected chi connectivity index (χ3v) is 2.62. The maximum atomic E-state index is 10.9. The number of oxime groups is 1. The predicted molar refractivity (Wildman–Crippen MR) is 59.3 cm³/mol. The molecule has 84 valence electrons. The monoisotopic (exact) mass is 219 g/mol. The molecule has 0 unspecified atom stereocenters. The molecule has 4 heteroatoms. The first-order chi connectivity index (χ1) is 7.60. The van der Waals surface area contributed by atoms with Crippen molar-refractivity contribution >= 4 is 11.7 Å². The van der Waals surface area contributed by atoms with Crippen LogP contribution < -0.4 is 0 Å². The number of hydrogen-bond donors (Lipinski definition) is 1. The minimum absolute atomic E-state index is 0.344. The lowest BCUT2D eigenvalue weighted by atomic mass is 9.96. The van der Waals surface area contributed by atoms with Crippen molar-refractivity contribution in [2.45, 2.75) is 25.4 Å². The van der Waals surface area contributed by atoms with Gasteiger partial charge in [-0.3, -0.25) is 0 Å². The summed E-state index contributed by atoms with van der Waals surface area (Å²) in [4.78, 5) is 15.9. The first-order valence-corrected chi connectivity index (χ1v) is 5.11. The van der Waals surface area contributed by atoms with Gasteiger partial charge in [0.1, 0.15) is 0 Å². The standard InChI is InChI=1S/C12H13NO3/c1-12(11(14)15)8-10(13-16-12)7-9-5-3-2-4-6-9/h2-6H,7-8H2,1H3,(H,14,15)/t12-/m0/s1. The number of hydrogen-bond acceptors (Lipinski definition) is 3. The highest BCUT2D eigenvalue weighted by molar-refractivity contribution is 5.93. The number of nitrogens with zero attached hydrogens (tertiary/aromatic N) is 1. The molecule has 0 saturated heterocycles. The number of carboxylic acid groups (broad SMARTS) is 1. The molecule has 1 aromatic rings. The Balaban J connectivity index is 2.03. The van der Waals surface area contributed by atoms with Crippen molar-refractivity contribution in [1.82, 2.24) is 0 Å². The summed E-state index contributed by atoms with van der Waals surface area (Å²) in [5.74, 6) is -0.973. The summed E-state index contributed by atoms with van der Waals surface area (Å²) < 4.78 is 0. The van der Waals surface area contributed by atoms with Gasteiger partial charge in [-0.25, -0.2) is 4.79 Å². The van der Waals surface area contributed by atoms with E-state index in [4.69, 9.17) is 9.94 Å². The molecule has 4 nitrogen and oxygen atoms in total. The van der Waals surface area contributed by atoms with Gasteiger partial charge in [0.25, 0.3) is 0 Å². The second-order valence-corrected chi connectivity index (χ2v) is 4.12. The fraction of sp³-hybridized carbons (Fsp3) is 0.333. The first-order valence-electron chi connectivity index (χ1n) is 5.11. The second-order valence-electron chi connectivity index (χ2n) is 4.12. The van der Waals surface area contributed by atoms with Crippen LogP contribution in [0, 0.1) is 0 Å². The van der Waals surface area contributed by atoms with Crippen LogP contribution in [0.25, 0.3) is 0 Å². The smallest absolute Gasteiger partial charge is 0.351 e. The Morgan fingerprint density at radius 3 is 2.75 bits per heavy atom. The Bertz CT molecular complexity index is 427. The van der Waals surface area contributed by atoms with Crippen LogP contribution in [-0.2, 0) is 16.1 Å². The maximum Gasteiger partial charge on any atom is 0.351 e. The minimum Gasteiger partial charge on any atom is -0.478 e. The van der Waals surface area contributed by atoms with Crippen molar-refractivity contribution in [2.24, 2.45) is 5.16 Å². The van der Waals surface area contributed by atoms with Gasteiger partial charge in [-0.1, -0.05) is 35.5 Å². The molecule has 1 heterocycles. The molecule has 0 fully saturated rings. The zero-order chi connectivity index (χ0) is 11.6. The molecule has 0 aliphatic carbocycles. The Morgan fingerprint density at radius 2 is 2.19 bits per heavy atom. The van der Waals surface area contributed by atoms with Gasteiger partial charge in [0.15, 0.2) is 0 Å². The molecule has 1 aliphatic rings. The first kappa shape index (κ1) is 10.7. The van der Waals surface area contributed by atoms with E-state index in [1.165, 1.54) is 6.92 Å². The SMILES string of the molecule is C[C@@]1(C(=O)O)CC(Cc2ccccc2)=NO1. The highest BCUT2D eigenvalue weighted by atomic mass is 16.7. The Morgan fingerprint density at radius 1 is 1.50 bits per heavy atom. The van der Waals surface area contributed by atoms with Crippen molar-refractivity contribution in [3.63, 3.8) is 0 Å². The van der Waals surface area contributed by atoms with E-state index >= 15 is 0 Å². The van der Waals surface area contributed by atoms with Crippen LogP contribution in [0.2, 0.25) is 0 Å². The molecule has 1 aliphatic heterocycles. The Labute approximate surface area is 93.5 Å². The fourth-order valence-corrected chi connectivity index (χ4v) is 1.66. The molecular formula is C12H13NO3. The van der Waals surface area contributed by atoms with Gasteiger partial charge in [0.2, 0.25) is 5.60 Å². The normalized spacial score (nSPS) is 23.7. The van der Waals surface area contributed by atoms with Gasteiger partial charge in [-0.05, 0) is 12.5 Å². The quantitative estimate of drug-likeness (QED) is 0.843. The number of carbonyl (C=O) groups is 1. The van der Waals surface area contributed by atoms with Crippen molar-refractivity contribution in [1.29, 1.82) is 0 Å². The number of carboxylic acids is 1. The summed E-state index contributed by atoms with van der Waals surface area (Å²) in [6.45, 7) is 1.54. The van der Waals surface area contributed by atoms with Crippen LogP contribution in [-0.4, -0.2) is 22.4 Å². The van der Waals surface area contributed by atoms with Crippen molar-refractivity contribution in [3.05, 3.63) is 35.9 Å². The summed E-state index contributed by atoms with van der Waals surface area (Å²) in [5.41, 5.74) is 0.694. The molecule has 0 bridgehead atoms. The Kier molecular flexibility index (Phi) is 2.64. The summed E-state index contributed by atoms with van der Waals surface area (Å²) in [7, 11) is 0. The van der Waals surface area contributed by atoms with E-state index in [0.717, 1.165) is 11.3 Å². The Hall–Kier alpha value is -1.84. The molecular weight excluding hydrogens is 206 g/mol. The lowest BCUT2D eigenvalue weighted by Gasteiger charge is -2.14. The number of aliphatic carboxylic acids is 1. The maximum absolute atomic E-state index is 10.9. The number of rotatable bonds is 3. The molecule has 0 spiro atoms. The molecule has 0 aromatic heterocycles. The molecule has 1 atom stereocenters. The largest absolute Gasteiger partial charge is 0.478 e. The van der Waals surface area contributed by atoms with Crippen LogP contribution in [0.4, 0.5) is 0 Å². The van der Waals surface area contributed by atoms with E-state index in [1.807, 2.05) is 30.3 Å². The summed E-state index contributed by atoms with van der Waals surface area (Å²) >= 11 is 0. The van der Waals surface area contributed by atoms with Gasteiger partial charge >= 0.3 is 5.97 Å². The van der Waals surface area contributed by atoms with E-state index in [0.29, 0.717) is 12.8 Å². The topological polar surface area (TPSA) is 58.9 Å². The fourth-order valence-electron chi connectivity index (χ4n) is 1.66. The van der Waals surface area contributed by atoms with E-state index in [9.17, 15) is 4.79 Å². The van der Waals surface area contributed by atoms with Gasteiger partial charge in [-0.15, -0.1) is 0 Å². The third-order valence-electron chi connectivity index (χ3n) is 2.62. The van der Waals surface area contributed by atoms with Crippen LogP contribution in [0.15, 0.2) is 35.5 Å². The minimum atomic E-state index is -1.19. The molecule has 0 amide bonds. The van der Waals surface area contributed by atoms with Crippen molar-refractivity contribution < 1.29 is 14.7 Å². The third kappa shape index (κ3) is 2.05. The van der Waals surface area contributed by atoms with Crippen LogP contribution in [0.3, 0.4) is 0 Å². The van der Waals surface area contributed by atoms with Crippen molar-refractivity contribution in [2.75, 3.05) is 0 Å². The van der Waals surface area contributed by atoms with Gasteiger partial charge in [0.05, 0.1) is 5.71 Å². The van der Waals surface area contributed by atoms with Crippen LogP contribution in [0.1, 0.15) is 18.9 Å². The number of benzene rings is 1. The van der Waals surface area contributed by atoms with E-state index in [2.05, 4.69) is 5.16 Å². The molecule has 0 radical (unpaired) electrons. The zero-order valence-electron chi connectivity index (χ0n) is 9.01. The molecule has 1 aromatic carbocycles. The van der Waals surface area contributed by atoms with Crippen LogP contribution >= 0.6 is 0 Å². The van der Waals surface area contributed by atoms with E-state index in [1.54, 1.807) is 0 Å². The molecule has 2 rings (SSSR count). The van der Waals surface area contributed by atoms with E-state index in [-0.39, 0.29) is 0 Å². The molecule has 1 N–H and O–H groups in total. The summed E-state index contributed by atoms with van der Waals surface area (Å²) in [6.07, 6.45) is 0.987. The highest BCUT2D eigenvalue weighted by Gasteiger charge is 2.41. The lowest BCUT2D eigenvalue weighted by molar-refractivity contribution is -0.160. The average molecular weight is 219 g/mol. The van der Waals surface area contributed by atoms with Crippen molar-refractivity contribution in [3.8, 4) is 0 Å². The summed E-state index contributed by atoms with van der Waals surface area (Å²) in [6, 6.07) is 9.81. The van der Waals surface area contributed by atoms with Gasteiger partial charge < -0.3 is 9.94 Å². The van der Waals surface area contributed by atoms with Gasteiger partial charge in [-0.2, -0.15) is 0 Å². The van der Waals surface area contributed by atoms with Crippen LogP contribution in [0.5, 0.6) is 0 Å².